The van der Waals surface area contributed by atoms with E-state index in [9.17, 15) is 0 Å². The van der Waals surface area contributed by atoms with Gasteiger partial charge in [0.15, 0.2) is 0 Å². The number of hydrogen-bond donors (Lipinski definition) is 0. The number of imidazole rings is 1. The van der Waals surface area contributed by atoms with Gasteiger partial charge in [-0.3, -0.25) is 4.98 Å². The standard InChI is InChI=1S/C26H19N2O.C20H28NSi.Ir/c1-16(2)28-22-13-11-17-7-3-4-8-19(17)25(22)27-26(28)18-12-14-24-21(15-18)20-9-5-6-10-23(20)29-24;1-15-8-10-16(11-9-15)18-12-17(13-20(2,3)4)19(14-21-18)22(5,6)7;/h3-11,13-16H,1-2H3;8-10,12,14H,13H2,1-7H3;/q2*-1;/i;1D3,13D2;. The van der Waals surface area contributed by atoms with E-state index in [1.807, 2.05) is 51.1 Å². The molecule has 0 aliphatic heterocycles. The Hall–Kier alpha value is -4.35. The Balaban J connectivity index is 0.000000190. The van der Waals surface area contributed by atoms with Gasteiger partial charge in [0.05, 0.1) is 30.5 Å². The Morgan fingerprint density at radius 1 is 0.846 bits per heavy atom. The maximum absolute atomic E-state index is 8.79. The minimum Gasteiger partial charge on any atom is -0.500 e. The van der Waals surface area contributed by atoms with Crippen LogP contribution in [0.2, 0.25) is 19.6 Å². The summed E-state index contributed by atoms with van der Waals surface area (Å²) in [7, 11) is -1.81. The number of nitrogens with zero attached hydrogens (tertiary/aromatic N) is 3. The number of aryl methyl sites for hydroxylation is 1. The summed E-state index contributed by atoms with van der Waals surface area (Å²) >= 11 is 0. The van der Waals surface area contributed by atoms with Crippen molar-refractivity contribution in [3.05, 3.63) is 127 Å². The molecule has 0 amide bonds. The summed E-state index contributed by atoms with van der Waals surface area (Å²) < 4.78 is 48.3. The molecule has 0 aliphatic carbocycles. The zero-order valence-electron chi connectivity index (χ0n) is 36.0. The summed E-state index contributed by atoms with van der Waals surface area (Å²) in [6.45, 7) is 14.5. The van der Waals surface area contributed by atoms with Gasteiger partial charge in [0.2, 0.25) is 0 Å². The van der Waals surface area contributed by atoms with Crippen LogP contribution in [0.25, 0.3) is 66.4 Å². The first-order valence-corrected chi connectivity index (χ1v) is 21.0. The van der Waals surface area contributed by atoms with Crippen LogP contribution in [0.15, 0.2) is 108 Å². The van der Waals surface area contributed by atoms with Gasteiger partial charge < -0.3 is 14.0 Å². The average molecular weight is 883 g/mol. The normalized spacial score (nSPS) is 14.0. The van der Waals surface area contributed by atoms with Gasteiger partial charge in [0.1, 0.15) is 5.58 Å². The number of fused-ring (bicyclic) bond motifs is 6. The Kier molecular flexibility index (Phi) is 8.75. The molecule has 0 bridgehead atoms. The van der Waals surface area contributed by atoms with Gasteiger partial charge in [0, 0.05) is 50.0 Å². The Bertz CT molecular complexity index is 2720. The van der Waals surface area contributed by atoms with Gasteiger partial charge in [-0.1, -0.05) is 113 Å². The SMILES string of the molecule is CC(C)n1c(-c2[c-]cc3oc4ccccc4c3c2)nc2c3ccccc3ccc21.[2H]C([2H])([2H])c1c[c-]c(-c2cc(C([2H])([2H])C(C)(C)C)c([Si](C)(C)C)cn2)cc1.[Ir]. The number of rotatable bonds is 5. The molecule has 0 aliphatic rings. The van der Waals surface area contributed by atoms with E-state index in [0.29, 0.717) is 16.8 Å². The van der Waals surface area contributed by atoms with E-state index in [-0.39, 0.29) is 31.7 Å². The summed E-state index contributed by atoms with van der Waals surface area (Å²) in [5, 5.41) is 5.61. The molecule has 0 saturated carbocycles. The molecule has 0 fully saturated rings. The van der Waals surface area contributed by atoms with E-state index in [1.165, 1.54) is 16.8 Å². The van der Waals surface area contributed by atoms with Crippen LogP contribution in [0.3, 0.4) is 0 Å². The van der Waals surface area contributed by atoms with E-state index in [1.54, 1.807) is 18.3 Å². The fourth-order valence-electron chi connectivity index (χ4n) is 6.63. The first-order valence-electron chi connectivity index (χ1n) is 20.0. The van der Waals surface area contributed by atoms with Crippen LogP contribution in [-0.2, 0) is 26.5 Å². The third kappa shape index (κ3) is 7.57. The molecule has 0 spiro atoms. The van der Waals surface area contributed by atoms with Crippen LogP contribution in [0, 0.1) is 24.4 Å². The largest absolute Gasteiger partial charge is 0.500 e. The van der Waals surface area contributed by atoms with Crippen molar-refractivity contribution in [1.82, 2.24) is 14.5 Å². The predicted molar refractivity (Wildman–Crippen MR) is 219 cm³/mol. The van der Waals surface area contributed by atoms with Crippen molar-refractivity contribution in [2.24, 2.45) is 5.41 Å². The van der Waals surface area contributed by atoms with E-state index >= 15 is 0 Å². The Morgan fingerprint density at radius 3 is 2.27 bits per heavy atom. The fourth-order valence-corrected chi connectivity index (χ4v) is 8.03. The van der Waals surface area contributed by atoms with E-state index in [0.717, 1.165) is 49.5 Å². The topological polar surface area (TPSA) is 43.9 Å². The molecule has 8 aromatic rings. The van der Waals surface area contributed by atoms with Crippen LogP contribution in [0.1, 0.15) is 58.6 Å². The number of pyridine rings is 1. The number of aromatic nitrogens is 3. The first-order chi connectivity index (χ1) is 26.3. The van der Waals surface area contributed by atoms with Gasteiger partial charge in [-0.2, -0.15) is 0 Å². The number of furan rings is 1. The van der Waals surface area contributed by atoms with Crippen LogP contribution in [-0.4, -0.2) is 22.6 Å². The smallest absolute Gasteiger partial charge is 0.120 e. The molecule has 0 unspecified atom stereocenters. The van der Waals surface area contributed by atoms with E-state index < -0.39 is 26.7 Å². The van der Waals surface area contributed by atoms with E-state index in [2.05, 4.69) is 104 Å². The number of benzene rings is 5. The minimum atomic E-state index is -2.17. The number of hydrogen-bond acceptors (Lipinski definition) is 3. The van der Waals surface area contributed by atoms with Crippen molar-refractivity contribution in [3.63, 3.8) is 0 Å². The maximum atomic E-state index is 8.79. The van der Waals surface area contributed by atoms with Gasteiger partial charge in [0.25, 0.3) is 0 Å². The molecule has 1 radical (unpaired) electrons. The van der Waals surface area contributed by atoms with Gasteiger partial charge >= 0.3 is 0 Å². The van der Waals surface area contributed by atoms with E-state index in [4.69, 9.17) is 16.3 Å². The molecule has 6 heteroatoms. The van der Waals surface area contributed by atoms with Crippen LogP contribution >= 0.6 is 0 Å². The molecular weight excluding hydrogens is 831 g/mol. The van der Waals surface area contributed by atoms with Crippen LogP contribution in [0.5, 0.6) is 0 Å². The molecule has 52 heavy (non-hydrogen) atoms. The van der Waals surface area contributed by atoms with Crippen molar-refractivity contribution >= 4 is 57.0 Å². The summed E-state index contributed by atoms with van der Waals surface area (Å²) in [5.41, 5.74) is 6.53. The first kappa shape index (κ1) is 31.2. The second-order valence-corrected chi connectivity index (χ2v) is 20.5. The number of para-hydroxylation sites is 1. The van der Waals surface area contributed by atoms with Crippen molar-refractivity contribution < 1.29 is 31.4 Å². The molecule has 0 atom stereocenters. The molecule has 8 rings (SSSR count). The Morgan fingerprint density at radius 2 is 1.58 bits per heavy atom. The summed E-state index contributed by atoms with van der Waals surface area (Å²) in [4.78, 5) is 9.66. The molecule has 267 valence electrons. The van der Waals surface area contributed by atoms with Crippen LogP contribution < -0.4 is 5.19 Å². The van der Waals surface area contributed by atoms with Gasteiger partial charge in [-0.15, -0.1) is 59.2 Å². The van der Waals surface area contributed by atoms with Crippen molar-refractivity contribution in [3.8, 4) is 22.6 Å². The quantitative estimate of drug-likeness (QED) is 0.128. The zero-order chi connectivity index (χ0) is 40.4. The Labute approximate surface area is 329 Å². The molecule has 3 aromatic heterocycles. The average Bonchev–Trinajstić information content (AvgIpc) is 3.73. The second-order valence-electron chi connectivity index (χ2n) is 15.5. The van der Waals surface area contributed by atoms with Crippen molar-refractivity contribution in [2.75, 3.05) is 0 Å². The third-order valence-corrected chi connectivity index (χ3v) is 11.0. The monoisotopic (exact) mass is 883 g/mol. The maximum Gasteiger partial charge on any atom is 0.120 e. The molecule has 5 aromatic carbocycles. The summed E-state index contributed by atoms with van der Waals surface area (Å²) in [5.74, 6) is 0.943. The van der Waals surface area contributed by atoms with Gasteiger partial charge in [-0.05, 0) is 54.0 Å². The summed E-state index contributed by atoms with van der Waals surface area (Å²) in [6.07, 6.45) is 0.269. The zero-order valence-corrected chi connectivity index (χ0v) is 34.4. The fraction of sp³-hybridized carbons (Fsp3) is 0.261. The predicted octanol–water partition coefficient (Wildman–Crippen LogP) is 12.1. The summed E-state index contributed by atoms with van der Waals surface area (Å²) in [6, 6.07) is 38.3. The van der Waals surface area contributed by atoms with Gasteiger partial charge in [-0.25, -0.2) is 0 Å². The molecule has 4 nitrogen and oxygen atoms in total. The molecule has 0 N–H and O–H groups in total. The third-order valence-electron chi connectivity index (χ3n) is 8.96. The molecular formula is C46H47IrN3OSi-2. The molecule has 0 saturated heterocycles. The molecule has 3 heterocycles. The minimum absolute atomic E-state index is 0. The van der Waals surface area contributed by atoms with Crippen molar-refractivity contribution in [1.29, 1.82) is 0 Å². The van der Waals surface area contributed by atoms with Crippen molar-refractivity contribution in [2.45, 2.75) is 73.5 Å². The second kappa shape index (κ2) is 14.6. The van der Waals surface area contributed by atoms with Crippen LogP contribution in [0.4, 0.5) is 0 Å².